The summed E-state index contributed by atoms with van der Waals surface area (Å²) in [7, 11) is 1.29. The van der Waals surface area contributed by atoms with Crippen LogP contribution in [0.3, 0.4) is 0 Å². The zero-order valence-electron chi connectivity index (χ0n) is 9.67. The van der Waals surface area contributed by atoms with Crippen molar-refractivity contribution >= 4 is 17.7 Å². The van der Waals surface area contributed by atoms with Crippen molar-refractivity contribution in [3.63, 3.8) is 0 Å². The molecule has 0 bridgehead atoms. The van der Waals surface area contributed by atoms with Gasteiger partial charge in [-0.2, -0.15) is 0 Å². The SMILES string of the molecule is CCCSc1ccc(C(=O)OC)c(C)c1F. The lowest BCUT2D eigenvalue weighted by Crippen LogP contribution is -2.05. The van der Waals surface area contributed by atoms with Gasteiger partial charge in [0.05, 0.1) is 12.7 Å². The van der Waals surface area contributed by atoms with Crippen LogP contribution in [0, 0.1) is 12.7 Å². The molecule has 16 heavy (non-hydrogen) atoms. The molecule has 2 nitrogen and oxygen atoms in total. The second kappa shape index (κ2) is 5.89. The van der Waals surface area contributed by atoms with Gasteiger partial charge in [0.2, 0.25) is 0 Å². The molecule has 0 aromatic heterocycles. The summed E-state index contributed by atoms with van der Waals surface area (Å²) in [6.45, 7) is 3.64. The summed E-state index contributed by atoms with van der Waals surface area (Å²) in [6.07, 6.45) is 0.988. The fourth-order valence-electron chi connectivity index (χ4n) is 1.31. The quantitative estimate of drug-likeness (QED) is 0.597. The maximum absolute atomic E-state index is 13.9. The Hall–Kier alpha value is -1.03. The molecular formula is C12H15FO2S. The topological polar surface area (TPSA) is 26.3 Å². The first-order chi connectivity index (χ1) is 7.61. The van der Waals surface area contributed by atoms with Crippen LogP contribution in [0.15, 0.2) is 17.0 Å². The Kier molecular flexibility index (Phi) is 4.80. The fraction of sp³-hybridized carbons (Fsp3) is 0.417. The van der Waals surface area contributed by atoms with Gasteiger partial charge in [0, 0.05) is 10.5 Å². The third-order valence-electron chi connectivity index (χ3n) is 2.22. The highest BCUT2D eigenvalue weighted by molar-refractivity contribution is 7.99. The van der Waals surface area contributed by atoms with E-state index in [1.807, 2.05) is 6.92 Å². The molecule has 0 N–H and O–H groups in total. The highest BCUT2D eigenvalue weighted by Gasteiger charge is 2.15. The van der Waals surface area contributed by atoms with E-state index in [0.717, 1.165) is 12.2 Å². The number of benzene rings is 1. The normalized spacial score (nSPS) is 10.2. The molecule has 0 saturated heterocycles. The van der Waals surface area contributed by atoms with Crippen LogP contribution in [-0.4, -0.2) is 18.8 Å². The third kappa shape index (κ3) is 2.76. The summed E-state index contributed by atoms with van der Waals surface area (Å²) < 4.78 is 18.4. The van der Waals surface area contributed by atoms with E-state index < -0.39 is 5.97 Å². The summed E-state index contributed by atoms with van der Waals surface area (Å²) in [6, 6.07) is 3.25. The number of hydrogen-bond donors (Lipinski definition) is 0. The number of rotatable bonds is 4. The first kappa shape index (κ1) is 13.0. The lowest BCUT2D eigenvalue weighted by molar-refractivity contribution is 0.0599. The van der Waals surface area contributed by atoms with E-state index in [-0.39, 0.29) is 5.82 Å². The van der Waals surface area contributed by atoms with Crippen LogP contribution in [0.25, 0.3) is 0 Å². The Balaban J connectivity index is 3.03. The molecule has 0 aliphatic heterocycles. The zero-order chi connectivity index (χ0) is 12.1. The van der Waals surface area contributed by atoms with Gasteiger partial charge in [-0.05, 0) is 31.2 Å². The standard InChI is InChI=1S/C12H15FO2S/c1-4-7-16-10-6-5-9(12(14)15-3)8(2)11(10)13/h5-6H,4,7H2,1-3H3. The molecule has 0 fully saturated rings. The van der Waals surface area contributed by atoms with Crippen LogP contribution in [0.2, 0.25) is 0 Å². The minimum Gasteiger partial charge on any atom is -0.465 e. The Morgan fingerprint density at radius 1 is 1.50 bits per heavy atom. The minimum atomic E-state index is -0.497. The van der Waals surface area contributed by atoms with Crippen LogP contribution >= 0.6 is 11.8 Å². The number of esters is 1. The number of halogens is 1. The lowest BCUT2D eigenvalue weighted by atomic mass is 10.1. The van der Waals surface area contributed by atoms with E-state index in [4.69, 9.17) is 0 Å². The fourth-order valence-corrected chi connectivity index (χ4v) is 2.18. The Bertz CT molecular complexity index is 391. The first-order valence-corrected chi connectivity index (χ1v) is 6.10. The predicted octanol–water partition coefficient (Wildman–Crippen LogP) is 3.42. The second-order valence-electron chi connectivity index (χ2n) is 3.39. The Morgan fingerprint density at radius 2 is 2.19 bits per heavy atom. The maximum Gasteiger partial charge on any atom is 0.338 e. The number of methoxy groups -OCH3 is 1. The molecule has 0 unspecified atom stereocenters. The van der Waals surface area contributed by atoms with Crippen molar-refractivity contribution in [1.82, 2.24) is 0 Å². The number of ether oxygens (including phenoxy) is 1. The van der Waals surface area contributed by atoms with Gasteiger partial charge in [0.15, 0.2) is 0 Å². The van der Waals surface area contributed by atoms with Crippen LogP contribution in [0.4, 0.5) is 4.39 Å². The maximum atomic E-state index is 13.9. The monoisotopic (exact) mass is 242 g/mol. The van der Waals surface area contributed by atoms with E-state index in [1.165, 1.54) is 18.9 Å². The number of carbonyl (C=O) groups is 1. The molecule has 0 saturated carbocycles. The van der Waals surface area contributed by atoms with Crippen LogP contribution < -0.4 is 0 Å². The number of carbonyl (C=O) groups excluding carboxylic acids is 1. The number of hydrogen-bond acceptors (Lipinski definition) is 3. The van der Waals surface area contributed by atoms with Gasteiger partial charge in [0.1, 0.15) is 5.82 Å². The largest absolute Gasteiger partial charge is 0.465 e. The highest BCUT2D eigenvalue weighted by atomic mass is 32.2. The molecule has 0 spiro atoms. The minimum absolute atomic E-state index is 0.292. The van der Waals surface area contributed by atoms with Crippen LogP contribution in [0.1, 0.15) is 29.3 Å². The third-order valence-corrected chi connectivity index (χ3v) is 3.46. The second-order valence-corrected chi connectivity index (χ2v) is 4.53. The zero-order valence-corrected chi connectivity index (χ0v) is 10.5. The van der Waals surface area contributed by atoms with Crippen molar-refractivity contribution in [1.29, 1.82) is 0 Å². The van der Waals surface area contributed by atoms with Crippen molar-refractivity contribution in [3.8, 4) is 0 Å². The van der Waals surface area contributed by atoms with Gasteiger partial charge < -0.3 is 4.74 Å². The van der Waals surface area contributed by atoms with Gasteiger partial charge in [-0.3, -0.25) is 0 Å². The summed E-state index contributed by atoms with van der Waals surface area (Å²) in [5, 5.41) is 0. The van der Waals surface area contributed by atoms with Crippen LogP contribution in [0.5, 0.6) is 0 Å². The van der Waals surface area contributed by atoms with Gasteiger partial charge in [0.25, 0.3) is 0 Å². The summed E-state index contributed by atoms with van der Waals surface area (Å²) >= 11 is 1.46. The molecule has 4 heteroatoms. The molecule has 0 atom stereocenters. The first-order valence-electron chi connectivity index (χ1n) is 5.12. The van der Waals surface area contributed by atoms with Crippen molar-refractivity contribution in [2.45, 2.75) is 25.2 Å². The van der Waals surface area contributed by atoms with E-state index in [0.29, 0.717) is 16.0 Å². The molecule has 0 amide bonds. The molecule has 0 heterocycles. The smallest absolute Gasteiger partial charge is 0.338 e. The Labute approximate surface area is 99.2 Å². The average Bonchev–Trinajstić information content (AvgIpc) is 2.30. The molecule has 0 aliphatic rings. The van der Waals surface area contributed by atoms with Crippen molar-refractivity contribution in [3.05, 3.63) is 29.1 Å². The van der Waals surface area contributed by atoms with Gasteiger partial charge in [-0.25, -0.2) is 9.18 Å². The van der Waals surface area contributed by atoms with Gasteiger partial charge >= 0.3 is 5.97 Å². The molecule has 1 aromatic rings. The molecule has 0 radical (unpaired) electrons. The molecule has 88 valence electrons. The molecule has 0 aliphatic carbocycles. The highest BCUT2D eigenvalue weighted by Crippen LogP contribution is 2.26. The number of thioether (sulfide) groups is 1. The molecular weight excluding hydrogens is 227 g/mol. The molecule has 1 rings (SSSR count). The predicted molar refractivity (Wildman–Crippen MR) is 63.5 cm³/mol. The van der Waals surface area contributed by atoms with Crippen molar-refractivity contribution < 1.29 is 13.9 Å². The van der Waals surface area contributed by atoms with E-state index in [2.05, 4.69) is 4.74 Å². The molecule has 1 aromatic carbocycles. The Morgan fingerprint density at radius 3 is 2.75 bits per heavy atom. The summed E-state index contributed by atoms with van der Waals surface area (Å²) in [5.41, 5.74) is 0.647. The average molecular weight is 242 g/mol. The summed E-state index contributed by atoms with van der Waals surface area (Å²) in [5.74, 6) is 0.0540. The van der Waals surface area contributed by atoms with Crippen molar-refractivity contribution in [2.75, 3.05) is 12.9 Å². The lowest BCUT2D eigenvalue weighted by Gasteiger charge is -2.08. The summed E-state index contributed by atoms with van der Waals surface area (Å²) in [4.78, 5) is 11.9. The van der Waals surface area contributed by atoms with E-state index in [1.54, 1.807) is 19.1 Å². The van der Waals surface area contributed by atoms with E-state index in [9.17, 15) is 9.18 Å². The van der Waals surface area contributed by atoms with Gasteiger partial charge in [-0.1, -0.05) is 6.92 Å². The van der Waals surface area contributed by atoms with E-state index >= 15 is 0 Å². The van der Waals surface area contributed by atoms with Gasteiger partial charge in [-0.15, -0.1) is 11.8 Å². The van der Waals surface area contributed by atoms with Crippen molar-refractivity contribution in [2.24, 2.45) is 0 Å². The van der Waals surface area contributed by atoms with Crippen LogP contribution in [-0.2, 0) is 4.74 Å².